The van der Waals surface area contributed by atoms with Gasteiger partial charge in [0.1, 0.15) is 5.78 Å². The number of hydrogen-bond donors (Lipinski definition) is 1. The van der Waals surface area contributed by atoms with Crippen LogP contribution in [0.1, 0.15) is 26.2 Å². The molecule has 1 N–H and O–H groups in total. The quantitative estimate of drug-likeness (QED) is 0.737. The molecule has 0 saturated heterocycles. The summed E-state index contributed by atoms with van der Waals surface area (Å²) in [5, 5.41) is 2.60. The van der Waals surface area contributed by atoms with E-state index >= 15 is 0 Å². The van der Waals surface area contributed by atoms with Crippen LogP contribution in [-0.2, 0) is 9.59 Å². The van der Waals surface area contributed by atoms with Crippen molar-refractivity contribution in [1.29, 1.82) is 0 Å². The zero-order valence-electron chi connectivity index (χ0n) is 9.75. The topological polar surface area (TPSA) is 49.4 Å². The molecule has 0 aromatic heterocycles. The lowest BCUT2D eigenvalue weighted by atomic mass is 9.84. The Morgan fingerprint density at radius 3 is 2.87 bits per heavy atom. The average molecular weight is 212 g/mol. The van der Waals surface area contributed by atoms with E-state index in [0.717, 1.165) is 6.42 Å². The fourth-order valence-electron chi connectivity index (χ4n) is 2.13. The number of carbonyl (C=O) groups is 2. The van der Waals surface area contributed by atoms with Crippen molar-refractivity contribution in [2.45, 2.75) is 32.2 Å². The summed E-state index contributed by atoms with van der Waals surface area (Å²) in [5.41, 5.74) is 0. The molecule has 86 valence electrons. The minimum absolute atomic E-state index is 0.00252. The maximum Gasteiger partial charge on any atom is 0.233 e. The molecule has 0 bridgehead atoms. The van der Waals surface area contributed by atoms with Crippen molar-refractivity contribution in [3.8, 4) is 0 Å². The van der Waals surface area contributed by atoms with E-state index in [1.165, 1.54) is 0 Å². The lowest BCUT2D eigenvalue weighted by Crippen LogP contribution is -2.45. The first-order valence-corrected chi connectivity index (χ1v) is 5.47. The van der Waals surface area contributed by atoms with E-state index < -0.39 is 0 Å². The van der Waals surface area contributed by atoms with Crippen molar-refractivity contribution in [1.82, 2.24) is 10.2 Å². The first-order valence-electron chi connectivity index (χ1n) is 5.47. The molecule has 4 nitrogen and oxygen atoms in total. The van der Waals surface area contributed by atoms with Crippen LogP contribution in [0.5, 0.6) is 0 Å². The van der Waals surface area contributed by atoms with Gasteiger partial charge in [-0.25, -0.2) is 0 Å². The van der Waals surface area contributed by atoms with Crippen LogP contribution in [0.4, 0.5) is 0 Å². The first kappa shape index (κ1) is 12.2. The summed E-state index contributed by atoms with van der Waals surface area (Å²) in [4.78, 5) is 24.6. The Labute approximate surface area is 91.0 Å². The highest BCUT2D eigenvalue weighted by Gasteiger charge is 2.29. The van der Waals surface area contributed by atoms with Crippen LogP contribution < -0.4 is 5.32 Å². The summed E-state index contributed by atoms with van der Waals surface area (Å²) < 4.78 is 0. The van der Waals surface area contributed by atoms with Gasteiger partial charge in [-0.1, -0.05) is 6.92 Å². The number of hydrogen-bond acceptors (Lipinski definition) is 3. The summed E-state index contributed by atoms with van der Waals surface area (Å²) in [7, 11) is 3.54. The van der Waals surface area contributed by atoms with E-state index in [-0.39, 0.29) is 11.9 Å². The number of nitrogens with one attached hydrogen (secondary N) is 1. The highest BCUT2D eigenvalue weighted by Crippen LogP contribution is 2.25. The Kier molecular flexibility index (Phi) is 4.27. The molecule has 1 aliphatic rings. The molecule has 1 aliphatic carbocycles. The molecule has 15 heavy (non-hydrogen) atoms. The van der Waals surface area contributed by atoms with Gasteiger partial charge in [0.05, 0.1) is 6.54 Å². The van der Waals surface area contributed by atoms with Gasteiger partial charge in [-0.15, -0.1) is 0 Å². The monoisotopic (exact) mass is 212 g/mol. The van der Waals surface area contributed by atoms with Gasteiger partial charge in [0.2, 0.25) is 5.91 Å². The number of Topliss-reactive ketones (excluding diaryl/α,β-unsaturated/α-hetero) is 1. The third-order valence-electron chi connectivity index (χ3n) is 3.21. The van der Waals surface area contributed by atoms with E-state index in [9.17, 15) is 9.59 Å². The molecule has 0 spiro atoms. The third kappa shape index (κ3) is 3.30. The largest absolute Gasteiger partial charge is 0.358 e. The van der Waals surface area contributed by atoms with Gasteiger partial charge in [0.15, 0.2) is 0 Å². The standard InChI is InChI=1S/C11H20N2O2/c1-8-4-5-9(14)6-10(8)13(3)7-11(15)12-2/h8,10H,4-7H2,1-3H3,(H,12,15). The Balaban J connectivity index is 2.52. The van der Waals surface area contributed by atoms with Gasteiger partial charge in [0, 0.05) is 25.9 Å². The van der Waals surface area contributed by atoms with Crippen molar-refractivity contribution in [2.24, 2.45) is 5.92 Å². The fraction of sp³-hybridized carbons (Fsp3) is 0.818. The number of ketones is 1. The molecule has 2 unspecified atom stereocenters. The van der Waals surface area contributed by atoms with Crippen molar-refractivity contribution >= 4 is 11.7 Å². The van der Waals surface area contributed by atoms with E-state index in [4.69, 9.17) is 0 Å². The lowest BCUT2D eigenvalue weighted by molar-refractivity contribution is -0.126. The molecular formula is C11H20N2O2. The van der Waals surface area contributed by atoms with Crippen LogP contribution >= 0.6 is 0 Å². The molecule has 1 amide bonds. The summed E-state index contributed by atoms with van der Waals surface area (Å²) in [6.07, 6.45) is 2.24. The molecule has 0 aliphatic heterocycles. The molecule has 0 heterocycles. The number of amides is 1. The number of rotatable bonds is 3. The van der Waals surface area contributed by atoms with Gasteiger partial charge in [-0.05, 0) is 19.4 Å². The Morgan fingerprint density at radius 2 is 2.27 bits per heavy atom. The Morgan fingerprint density at radius 1 is 1.60 bits per heavy atom. The SMILES string of the molecule is CNC(=O)CN(C)C1CC(=O)CCC1C. The second-order valence-corrected chi connectivity index (χ2v) is 4.41. The zero-order chi connectivity index (χ0) is 11.4. The predicted molar refractivity (Wildman–Crippen MR) is 58.5 cm³/mol. The number of carbonyl (C=O) groups excluding carboxylic acids is 2. The minimum atomic E-state index is 0.00252. The number of nitrogens with zero attached hydrogens (tertiary/aromatic N) is 1. The molecule has 0 radical (unpaired) electrons. The van der Waals surface area contributed by atoms with Crippen molar-refractivity contribution in [2.75, 3.05) is 20.6 Å². The molecular weight excluding hydrogens is 192 g/mol. The maximum atomic E-state index is 11.4. The Bertz CT molecular complexity index is 253. The molecule has 1 saturated carbocycles. The van der Waals surface area contributed by atoms with E-state index in [1.54, 1.807) is 7.05 Å². The van der Waals surface area contributed by atoms with Crippen molar-refractivity contribution in [3.05, 3.63) is 0 Å². The second kappa shape index (κ2) is 5.26. The smallest absolute Gasteiger partial charge is 0.233 e. The molecule has 1 rings (SSSR count). The van der Waals surface area contributed by atoms with Crippen LogP contribution in [0.2, 0.25) is 0 Å². The number of likely N-dealkylation sites (N-methyl/N-ethyl adjacent to an activating group) is 2. The second-order valence-electron chi connectivity index (χ2n) is 4.41. The first-order chi connectivity index (χ1) is 7.04. The van der Waals surface area contributed by atoms with Crippen LogP contribution in [0.15, 0.2) is 0 Å². The van der Waals surface area contributed by atoms with Crippen LogP contribution in [0, 0.1) is 5.92 Å². The molecule has 4 heteroatoms. The van der Waals surface area contributed by atoms with Crippen LogP contribution in [0.25, 0.3) is 0 Å². The normalized spacial score (nSPS) is 26.8. The van der Waals surface area contributed by atoms with Crippen molar-refractivity contribution in [3.63, 3.8) is 0 Å². The summed E-state index contributed by atoms with van der Waals surface area (Å²) in [6, 6.07) is 0.226. The van der Waals surface area contributed by atoms with Gasteiger partial charge < -0.3 is 5.32 Å². The van der Waals surface area contributed by atoms with Crippen molar-refractivity contribution < 1.29 is 9.59 Å². The van der Waals surface area contributed by atoms with Crippen LogP contribution in [0.3, 0.4) is 0 Å². The highest BCUT2D eigenvalue weighted by atomic mass is 16.2. The van der Waals surface area contributed by atoms with E-state index in [1.807, 2.05) is 11.9 Å². The highest BCUT2D eigenvalue weighted by molar-refractivity contribution is 5.80. The fourth-order valence-corrected chi connectivity index (χ4v) is 2.13. The van der Waals surface area contributed by atoms with Crippen LogP contribution in [-0.4, -0.2) is 43.3 Å². The molecule has 0 aromatic carbocycles. The minimum Gasteiger partial charge on any atom is -0.358 e. The summed E-state index contributed by atoms with van der Waals surface area (Å²) in [5.74, 6) is 0.821. The van der Waals surface area contributed by atoms with Gasteiger partial charge in [-0.2, -0.15) is 0 Å². The van der Waals surface area contributed by atoms with E-state index in [2.05, 4.69) is 12.2 Å². The Hall–Kier alpha value is -0.900. The molecule has 0 aromatic rings. The predicted octanol–water partition coefficient (Wildman–Crippen LogP) is 0.422. The summed E-state index contributed by atoms with van der Waals surface area (Å²) >= 11 is 0. The van der Waals surface area contributed by atoms with E-state index in [0.29, 0.717) is 31.1 Å². The summed E-state index contributed by atoms with van der Waals surface area (Å²) in [6.45, 7) is 2.52. The van der Waals surface area contributed by atoms with Gasteiger partial charge in [-0.3, -0.25) is 14.5 Å². The van der Waals surface area contributed by atoms with Gasteiger partial charge in [0.25, 0.3) is 0 Å². The van der Waals surface area contributed by atoms with Gasteiger partial charge >= 0.3 is 0 Å². The average Bonchev–Trinajstić information content (AvgIpc) is 2.21. The zero-order valence-corrected chi connectivity index (χ0v) is 9.75. The maximum absolute atomic E-state index is 11.4. The molecule has 2 atom stereocenters. The molecule has 1 fully saturated rings. The lowest BCUT2D eigenvalue weighted by Gasteiger charge is -2.35. The third-order valence-corrected chi connectivity index (χ3v) is 3.21.